The zero-order chi connectivity index (χ0) is 17.8. The van der Waals surface area contributed by atoms with Crippen molar-refractivity contribution in [1.29, 1.82) is 0 Å². The quantitative estimate of drug-likeness (QED) is 0.523. The van der Waals surface area contributed by atoms with Crippen LogP contribution in [0.5, 0.6) is 5.75 Å². The summed E-state index contributed by atoms with van der Waals surface area (Å²) in [6.07, 6.45) is 3.65. The minimum absolute atomic E-state index is 0.563. The number of hydrogen-bond acceptors (Lipinski definition) is 4. The topological polar surface area (TPSA) is 47.0 Å². The number of ether oxygens (including phenoxy) is 1. The maximum absolute atomic E-state index is 6.07. The molecule has 0 saturated heterocycles. The van der Waals surface area contributed by atoms with Crippen molar-refractivity contribution in [2.24, 2.45) is 0 Å². The second-order valence-corrected chi connectivity index (χ2v) is 6.72. The van der Waals surface area contributed by atoms with Gasteiger partial charge in [-0.3, -0.25) is 0 Å². The van der Waals surface area contributed by atoms with E-state index in [0.717, 1.165) is 40.7 Å². The van der Waals surface area contributed by atoms with E-state index in [2.05, 4.69) is 22.2 Å². The lowest BCUT2D eigenvalue weighted by molar-refractivity contribution is 0.308. The fourth-order valence-corrected chi connectivity index (χ4v) is 3.06. The second-order valence-electron chi connectivity index (χ2n) is 5.84. The molecule has 25 heavy (non-hydrogen) atoms. The van der Waals surface area contributed by atoms with Crippen molar-refractivity contribution in [3.05, 3.63) is 52.3 Å². The molecular formula is C19H19Cl2N3O. The van der Waals surface area contributed by atoms with E-state index in [1.807, 2.05) is 19.1 Å². The molecule has 0 spiro atoms. The van der Waals surface area contributed by atoms with Crippen LogP contribution in [-0.4, -0.2) is 16.6 Å². The van der Waals surface area contributed by atoms with E-state index in [0.29, 0.717) is 22.5 Å². The molecule has 0 atom stereocenters. The van der Waals surface area contributed by atoms with Gasteiger partial charge in [-0.2, -0.15) is 0 Å². The molecule has 3 rings (SSSR count). The third kappa shape index (κ3) is 4.33. The number of rotatable bonds is 6. The molecule has 0 unspecified atom stereocenters. The van der Waals surface area contributed by atoms with Gasteiger partial charge < -0.3 is 10.1 Å². The fraction of sp³-hybridized carbons (Fsp3) is 0.263. The molecule has 0 radical (unpaired) electrons. The van der Waals surface area contributed by atoms with Gasteiger partial charge in [0.05, 0.1) is 12.1 Å². The molecule has 1 aromatic heterocycles. The smallest absolute Gasteiger partial charge is 0.141 e. The molecule has 0 aliphatic carbocycles. The Morgan fingerprint density at radius 3 is 2.52 bits per heavy atom. The lowest BCUT2D eigenvalue weighted by atomic mass is 10.1. The van der Waals surface area contributed by atoms with Crippen molar-refractivity contribution in [3.63, 3.8) is 0 Å². The summed E-state index contributed by atoms with van der Waals surface area (Å²) in [5, 5.41) is 5.28. The van der Waals surface area contributed by atoms with E-state index in [9.17, 15) is 0 Å². The highest BCUT2D eigenvalue weighted by Crippen LogP contribution is 2.31. The molecule has 1 heterocycles. The van der Waals surface area contributed by atoms with Crippen LogP contribution in [-0.2, 0) is 0 Å². The summed E-state index contributed by atoms with van der Waals surface area (Å²) < 4.78 is 5.90. The summed E-state index contributed by atoms with van der Waals surface area (Å²) in [5.74, 6) is 1.53. The number of aryl methyl sites for hydroxylation is 1. The van der Waals surface area contributed by atoms with E-state index in [1.54, 1.807) is 18.2 Å². The minimum Gasteiger partial charge on any atom is -0.493 e. The predicted octanol–water partition coefficient (Wildman–Crippen LogP) is 6.17. The van der Waals surface area contributed by atoms with Gasteiger partial charge in [-0.1, -0.05) is 36.5 Å². The zero-order valence-corrected chi connectivity index (χ0v) is 15.7. The molecule has 0 aliphatic heterocycles. The number of anilines is 2. The Balaban J connectivity index is 1.98. The Morgan fingerprint density at radius 2 is 1.80 bits per heavy atom. The molecular weight excluding hydrogens is 357 g/mol. The van der Waals surface area contributed by atoms with Crippen molar-refractivity contribution in [2.75, 3.05) is 11.9 Å². The van der Waals surface area contributed by atoms with Gasteiger partial charge >= 0.3 is 0 Å². The normalized spacial score (nSPS) is 10.9. The predicted molar refractivity (Wildman–Crippen MR) is 104 cm³/mol. The standard InChI is InChI=1S/C19H19Cl2N3O/c1-3-4-5-25-18-10-16-17(6-12(18)2)22-11-23-19(16)24-15-8-13(20)7-14(21)9-15/h6-11H,3-5H2,1-2H3,(H,22,23,24). The molecule has 3 aromatic rings. The van der Waals surface area contributed by atoms with Crippen LogP contribution in [0.3, 0.4) is 0 Å². The van der Waals surface area contributed by atoms with Gasteiger partial charge in [-0.05, 0) is 49.2 Å². The van der Waals surface area contributed by atoms with Crippen molar-refractivity contribution in [1.82, 2.24) is 9.97 Å². The van der Waals surface area contributed by atoms with Gasteiger partial charge in [-0.15, -0.1) is 0 Å². The van der Waals surface area contributed by atoms with Crippen molar-refractivity contribution >= 4 is 45.6 Å². The van der Waals surface area contributed by atoms with Crippen molar-refractivity contribution < 1.29 is 4.74 Å². The van der Waals surface area contributed by atoms with Gasteiger partial charge in [0.1, 0.15) is 17.9 Å². The number of benzene rings is 2. The number of aromatic nitrogens is 2. The Bertz CT molecular complexity index is 879. The van der Waals surface area contributed by atoms with Crippen LogP contribution in [0.15, 0.2) is 36.7 Å². The summed E-state index contributed by atoms with van der Waals surface area (Å²) in [6.45, 7) is 4.86. The minimum atomic E-state index is 0.563. The first-order valence-electron chi connectivity index (χ1n) is 8.18. The second kappa shape index (κ2) is 7.89. The van der Waals surface area contributed by atoms with Crippen LogP contribution < -0.4 is 10.1 Å². The van der Waals surface area contributed by atoms with Crippen LogP contribution in [0.2, 0.25) is 10.0 Å². The van der Waals surface area contributed by atoms with Crippen molar-refractivity contribution in [2.45, 2.75) is 26.7 Å². The highest BCUT2D eigenvalue weighted by Gasteiger charge is 2.10. The Labute approximate surface area is 157 Å². The highest BCUT2D eigenvalue weighted by atomic mass is 35.5. The molecule has 0 fully saturated rings. The Hall–Kier alpha value is -2.04. The third-order valence-electron chi connectivity index (χ3n) is 3.81. The largest absolute Gasteiger partial charge is 0.493 e. The lowest BCUT2D eigenvalue weighted by Crippen LogP contribution is -2.00. The summed E-state index contributed by atoms with van der Waals surface area (Å²) in [4.78, 5) is 8.72. The number of nitrogens with one attached hydrogen (secondary N) is 1. The highest BCUT2D eigenvalue weighted by molar-refractivity contribution is 6.35. The third-order valence-corrected chi connectivity index (χ3v) is 4.25. The van der Waals surface area contributed by atoms with Gasteiger partial charge in [0, 0.05) is 21.1 Å². The van der Waals surface area contributed by atoms with E-state index in [1.165, 1.54) is 6.33 Å². The maximum Gasteiger partial charge on any atom is 0.141 e. The number of fused-ring (bicyclic) bond motifs is 1. The molecule has 4 nitrogen and oxygen atoms in total. The monoisotopic (exact) mass is 375 g/mol. The molecule has 1 N–H and O–H groups in total. The van der Waals surface area contributed by atoms with E-state index in [-0.39, 0.29) is 0 Å². The fourth-order valence-electron chi connectivity index (χ4n) is 2.53. The molecule has 0 saturated carbocycles. The first kappa shape index (κ1) is 17.8. The maximum atomic E-state index is 6.07. The SMILES string of the molecule is CCCCOc1cc2c(Nc3cc(Cl)cc(Cl)c3)ncnc2cc1C. The van der Waals surface area contributed by atoms with Crippen LogP contribution in [0.25, 0.3) is 10.9 Å². The first-order valence-corrected chi connectivity index (χ1v) is 8.93. The zero-order valence-electron chi connectivity index (χ0n) is 14.1. The lowest BCUT2D eigenvalue weighted by Gasteiger charge is -2.13. The van der Waals surface area contributed by atoms with Gasteiger partial charge in [0.2, 0.25) is 0 Å². The summed E-state index contributed by atoms with van der Waals surface area (Å²) in [7, 11) is 0. The molecule has 2 aromatic carbocycles. The van der Waals surface area contributed by atoms with Gasteiger partial charge in [-0.25, -0.2) is 9.97 Å². The van der Waals surface area contributed by atoms with E-state index in [4.69, 9.17) is 27.9 Å². The average Bonchev–Trinajstić information content (AvgIpc) is 2.55. The van der Waals surface area contributed by atoms with Crippen LogP contribution in [0, 0.1) is 6.92 Å². The number of hydrogen-bond donors (Lipinski definition) is 1. The molecule has 0 aliphatic rings. The van der Waals surface area contributed by atoms with Crippen LogP contribution in [0.1, 0.15) is 25.3 Å². The molecule has 130 valence electrons. The van der Waals surface area contributed by atoms with Gasteiger partial charge in [0.15, 0.2) is 0 Å². The first-order chi connectivity index (χ1) is 12.1. The number of halogens is 2. The number of unbranched alkanes of at least 4 members (excludes halogenated alkanes) is 1. The Morgan fingerprint density at radius 1 is 1.04 bits per heavy atom. The van der Waals surface area contributed by atoms with E-state index < -0.39 is 0 Å². The van der Waals surface area contributed by atoms with Gasteiger partial charge in [0.25, 0.3) is 0 Å². The van der Waals surface area contributed by atoms with Crippen LogP contribution >= 0.6 is 23.2 Å². The van der Waals surface area contributed by atoms with E-state index >= 15 is 0 Å². The number of nitrogens with zero attached hydrogens (tertiary/aromatic N) is 2. The summed E-state index contributed by atoms with van der Waals surface area (Å²) >= 11 is 12.1. The van der Waals surface area contributed by atoms with Crippen molar-refractivity contribution in [3.8, 4) is 5.75 Å². The summed E-state index contributed by atoms with van der Waals surface area (Å²) in [6, 6.07) is 9.28. The summed E-state index contributed by atoms with van der Waals surface area (Å²) in [5.41, 5.74) is 2.68. The average molecular weight is 376 g/mol. The van der Waals surface area contributed by atoms with Crippen LogP contribution in [0.4, 0.5) is 11.5 Å². The molecule has 0 bridgehead atoms. The molecule has 6 heteroatoms. The molecule has 0 amide bonds. The Kier molecular flexibility index (Phi) is 5.61.